The zero-order chi connectivity index (χ0) is 16.2. The fourth-order valence-corrected chi connectivity index (χ4v) is 1.83. The SMILES string of the molecule is [B]C([B])(C(=O)OCc1ccccc1)C([B])([B])c1ccccn1. The fraction of sp³-hybridized carbons (Fsp3) is 0.200. The standard InChI is InChI=1S/C15H11B4NO2/c16-14(17,12-8-4-5-9-20-12)15(18,19)13(21)22-10-11-6-2-1-3-7-11/h1-9H,10H2. The van der Waals surface area contributed by atoms with Crippen molar-refractivity contribution in [2.24, 2.45) is 0 Å². The van der Waals surface area contributed by atoms with Gasteiger partial charge in [0.2, 0.25) is 0 Å². The molecule has 0 N–H and O–H groups in total. The lowest BCUT2D eigenvalue weighted by Gasteiger charge is -2.41. The first kappa shape index (κ1) is 16.5. The molecule has 2 rings (SSSR count). The van der Waals surface area contributed by atoms with Crippen molar-refractivity contribution >= 4 is 37.4 Å². The highest BCUT2D eigenvalue weighted by molar-refractivity contribution is 6.60. The maximum atomic E-state index is 12.2. The molecule has 0 spiro atoms. The molecule has 2 aromatic rings. The van der Waals surface area contributed by atoms with E-state index in [1.54, 1.807) is 30.3 Å². The Morgan fingerprint density at radius 3 is 2.23 bits per heavy atom. The van der Waals surface area contributed by atoms with Gasteiger partial charge in [-0.15, -0.1) is 0 Å². The van der Waals surface area contributed by atoms with Crippen molar-refractivity contribution in [1.29, 1.82) is 0 Å². The number of rotatable bonds is 5. The Morgan fingerprint density at radius 1 is 1.00 bits per heavy atom. The van der Waals surface area contributed by atoms with Crippen LogP contribution in [-0.4, -0.2) is 42.3 Å². The van der Waals surface area contributed by atoms with E-state index in [0.29, 0.717) is 0 Å². The molecule has 22 heavy (non-hydrogen) atoms. The third-order valence-corrected chi connectivity index (χ3v) is 3.32. The molecule has 0 saturated carbocycles. The van der Waals surface area contributed by atoms with E-state index in [2.05, 4.69) is 4.98 Å². The summed E-state index contributed by atoms with van der Waals surface area (Å²) in [6, 6.07) is 14.0. The van der Waals surface area contributed by atoms with Crippen LogP contribution in [0.25, 0.3) is 0 Å². The lowest BCUT2D eigenvalue weighted by molar-refractivity contribution is -0.146. The number of pyridine rings is 1. The highest BCUT2D eigenvalue weighted by atomic mass is 16.5. The lowest BCUT2D eigenvalue weighted by Crippen LogP contribution is -2.49. The second-order valence-corrected chi connectivity index (χ2v) is 5.01. The van der Waals surface area contributed by atoms with Crippen molar-refractivity contribution in [3.63, 3.8) is 0 Å². The van der Waals surface area contributed by atoms with Crippen LogP contribution in [-0.2, 0) is 21.4 Å². The molecular formula is C15H11B4NO2. The highest BCUT2D eigenvalue weighted by Crippen LogP contribution is 2.38. The number of esters is 1. The average Bonchev–Trinajstić information content (AvgIpc) is 2.54. The van der Waals surface area contributed by atoms with E-state index in [1.165, 1.54) is 6.20 Å². The smallest absolute Gasteiger partial charge is 0.294 e. The van der Waals surface area contributed by atoms with Gasteiger partial charge in [0.05, 0.1) is 31.4 Å². The van der Waals surface area contributed by atoms with E-state index in [4.69, 9.17) is 36.1 Å². The fourth-order valence-electron chi connectivity index (χ4n) is 1.83. The quantitative estimate of drug-likeness (QED) is 0.600. The van der Waals surface area contributed by atoms with Crippen LogP contribution in [0.5, 0.6) is 0 Å². The normalized spacial score (nSPS) is 11.8. The van der Waals surface area contributed by atoms with Gasteiger partial charge in [-0.05, 0) is 22.9 Å². The molecule has 3 nitrogen and oxygen atoms in total. The summed E-state index contributed by atoms with van der Waals surface area (Å²) in [7, 11) is 23.6. The highest BCUT2D eigenvalue weighted by Gasteiger charge is 2.43. The first-order valence-electron chi connectivity index (χ1n) is 6.64. The Morgan fingerprint density at radius 2 is 1.64 bits per heavy atom. The van der Waals surface area contributed by atoms with Crippen molar-refractivity contribution in [1.82, 2.24) is 4.98 Å². The molecule has 1 aromatic heterocycles. The van der Waals surface area contributed by atoms with Gasteiger partial charge in [-0.25, -0.2) is 0 Å². The van der Waals surface area contributed by atoms with E-state index < -0.39 is 16.4 Å². The molecule has 0 bridgehead atoms. The van der Waals surface area contributed by atoms with E-state index in [0.717, 1.165) is 5.56 Å². The Kier molecular flexibility index (Phi) is 4.84. The minimum Gasteiger partial charge on any atom is -0.461 e. The Hall–Kier alpha value is -1.90. The molecule has 0 saturated heterocycles. The zero-order valence-corrected chi connectivity index (χ0v) is 12.0. The number of hydrogen-bond acceptors (Lipinski definition) is 3. The number of hydrogen-bond donors (Lipinski definition) is 0. The van der Waals surface area contributed by atoms with E-state index >= 15 is 0 Å². The van der Waals surface area contributed by atoms with Gasteiger partial charge in [-0.2, -0.15) is 0 Å². The topological polar surface area (TPSA) is 39.2 Å². The number of aromatic nitrogens is 1. The van der Waals surface area contributed by atoms with Crippen molar-refractivity contribution in [3.05, 3.63) is 66.0 Å². The summed E-state index contributed by atoms with van der Waals surface area (Å²) in [5, 5.41) is -4.00. The third kappa shape index (κ3) is 3.29. The summed E-state index contributed by atoms with van der Waals surface area (Å²) in [6.45, 7) is 0.0219. The predicted molar refractivity (Wildman–Crippen MR) is 87.9 cm³/mol. The monoisotopic (exact) mass is 281 g/mol. The summed E-state index contributed by atoms with van der Waals surface area (Å²) in [5.74, 6) is -0.910. The Bertz CT molecular complexity index is 633. The van der Waals surface area contributed by atoms with Crippen LogP contribution in [0.15, 0.2) is 54.7 Å². The van der Waals surface area contributed by atoms with Gasteiger partial charge in [0.25, 0.3) is 5.97 Å². The summed E-state index contributed by atoms with van der Waals surface area (Å²) in [4.78, 5) is 16.2. The molecule has 1 aromatic carbocycles. The van der Waals surface area contributed by atoms with Crippen molar-refractivity contribution in [2.45, 2.75) is 17.0 Å². The molecule has 0 unspecified atom stereocenters. The molecule has 0 aliphatic carbocycles. The van der Waals surface area contributed by atoms with Crippen LogP contribution < -0.4 is 0 Å². The van der Waals surface area contributed by atoms with Crippen LogP contribution in [0, 0.1) is 0 Å². The van der Waals surface area contributed by atoms with Crippen molar-refractivity contribution in [2.75, 3.05) is 0 Å². The molecule has 0 aliphatic heterocycles. The maximum Gasteiger partial charge on any atom is 0.294 e. The summed E-state index contributed by atoms with van der Waals surface area (Å²) < 4.78 is 5.12. The van der Waals surface area contributed by atoms with Gasteiger partial charge in [0, 0.05) is 11.9 Å². The molecule has 0 atom stereocenters. The summed E-state index contributed by atoms with van der Waals surface area (Å²) >= 11 is 0. The minimum atomic E-state index is -2.13. The average molecular weight is 281 g/mol. The maximum absolute atomic E-state index is 12.2. The molecule has 0 aliphatic rings. The van der Waals surface area contributed by atoms with Gasteiger partial charge in [0.1, 0.15) is 6.61 Å². The first-order valence-corrected chi connectivity index (χ1v) is 6.64. The second kappa shape index (κ2) is 6.47. The van der Waals surface area contributed by atoms with Crippen LogP contribution in [0.1, 0.15) is 11.3 Å². The van der Waals surface area contributed by atoms with Gasteiger partial charge in [-0.3, -0.25) is 9.78 Å². The number of nitrogens with zero attached hydrogens (tertiary/aromatic N) is 1. The Balaban J connectivity index is 2.13. The van der Waals surface area contributed by atoms with Crippen LogP contribution >= 0.6 is 0 Å². The Labute approximate surface area is 135 Å². The summed E-state index contributed by atoms with van der Waals surface area (Å²) in [6.07, 6.45) is 1.48. The molecule has 0 fully saturated rings. The van der Waals surface area contributed by atoms with Crippen molar-refractivity contribution < 1.29 is 9.53 Å². The molecular weight excluding hydrogens is 269 g/mol. The minimum absolute atomic E-state index is 0.0219. The first-order chi connectivity index (χ1) is 10.4. The van der Waals surface area contributed by atoms with Crippen LogP contribution in [0.4, 0.5) is 0 Å². The van der Waals surface area contributed by atoms with Crippen molar-refractivity contribution in [3.8, 4) is 0 Å². The van der Waals surface area contributed by atoms with E-state index in [-0.39, 0.29) is 12.3 Å². The van der Waals surface area contributed by atoms with E-state index in [9.17, 15) is 4.79 Å². The molecule has 0 amide bonds. The largest absolute Gasteiger partial charge is 0.461 e. The lowest BCUT2D eigenvalue weighted by atomic mass is 9.29. The van der Waals surface area contributed by atoms with Gasteiger partial charge in [-0.1, -0.05) is 41.6 Å². The number of ether oxygens (including phenoxy) is 1. The number of benzene rings is 1. The van der Waals surface area contributed by atoms with Crippen LogP contribution in [0.2, 0.25) is 5.21 Å². The third-order valence-electron chi connectivity index (χ3n) is 3.32. The number of carbonyl (C=O) groups is 1. The molecule has 7 heteroatoms. The van der Waals surface area contributed by atoms with Gasteiger partial charge in [0.15, 0.2) is 0 Å². The summed E-state index contributed by atoms with van der Waals surface area (Å²) in [5.41, 5.74) is 0.987. The second-order valence-electron chi connectivity index (χ2n) is 5.01. The van der Waals surface area contributed by atoms with Gasteiger partial charge < -0.3 is 4.74 Å². The number of carbonyl (C=O) groups excluding carboxylic acids is 1. The molecule has 8 radical (unpaired) electrons. The molecule has 1 heterocycles. The van der Waals surface area contributed by atoms with Crippen LogP contribution in [0.3, 0.4) is 0 Å². The zero-order valence-electron chi connectivity index (χ0n) is 12.0. The molecule has 100 valence electrons. The predicted octanol–water partition coefficient (Wildman–Crippen LogP) is 0.768. The van der Waals surface area contributed by atoms with Gasteiger partial charge >= 0.3 is 0 Å². The van der Waals surface area contributed by atoms with E-state index in [1.807, 2.05) is 18.2 Å².